The number of para-hydroxylation sites is 3. The van der Waals surface area contributed by atoms with Crippen molar-refractivity contribution in [3.05, 3.63) is 42.5 Å². The third-order valence-electron chi connectivity index (χ3n) is 1.99. The molecule has 0 aliphatic carbocycles. The van der Waals surface area contributed by atoms with E-state index in [2.05, 4.69) is 0 Å². The largest absolute Gasteiger partial charge is 0.504 e. The van der Waals surface area contributed by atoms with Crippen LogP contribution in [0.5, 0.6) is 17.2 Å². The highest BCUT2D eigenvalue weighted by molar-refractivity contribution is 7.79. The minimum Gasteiger partial charge on any atom is -0.504 e. The van der Waals surface area contributed by atoms with E-state index < -0.39 is 16.1 Å². The number of nitrogen functional groups attached to an aromatic ring is 2. The molecule has 0 aliphatic rings. The van der Waals surface area contributed by atoms with E-state index in [0.717, 1.165) is 0 Å². The van der Waals surface area contributed by atoms with Crippen molar-refractivity contribution in [2.75, 3.05) is 11.5 Å². The van der Waals surface area contributed by atoms with Gasteiger partial charge in [0.1, 0.15) is 0 Å². The van der Waals surface area contributed by atoms with Crippen LogP contribution in [-0.2, 0) is 10.4 Å². The predicted molar refractivity (Wildman–Crippen MR) is 80.9 cm³/mol. The minimum atomic E-state index is -4.67. The lowest BCUT2D eigenvalue weighted by Crippen LogP contribution is -1.91. The summed E-state index contributed by atoms with van der Waals surface area (Å²) in [4.78, 5) is 0. The number of benzene rings is 2. The van der Waals surface area contributed by atoms with Gasteiger partial charge in [0.15, 0.2) is 17.2 Å². The van der Waals surface area contributed by atoms with Crippen molar-refractivity contribution in [3.63, 3.8) is 0 Å². The van der Waals surface area contributed by atoms with E-state index in [0.29, 0.717) is 11.4 Å². The van der Waals surface area contributed by atoms with Crippen molar-refractivity contribution in [1.29, 1.82) is 0 Å². The van der Waals surface area contributed by atoms with Crippen LogP contribution in [0.4, 0.5) is 11.4 Å². The molecule has 22 heavy (non-hydrogen) atoms. The summed E-state index contributed by atoms with van der Waals surface area (Å²) in [6.45, 7) is 0. The Morgan fingerprint density at radius 1 is 0.727 bits per heavy atom. The average Bonchev–Trinajstić information content (AvgIpc) is 2.38. The number of aromatic hydroxyl groups is 3. The number of phenols is 3. The molecule has 0 radical (unpaired) electrons. The van der Waals surface area contributed by atoms with Crippen LogP contribution in [0, 0.1) is 0 Å². The highest BCUT2D eigenvalue weighted by Crippen LogP contribution is 2.32. The zero-order valence-electron chi connectivity index (χ0n) is 11.2. The summed E-state index contributed by atoms with van der Waals surface area (Å²) < 4.78 is 31.6. The van der Waals surface area contributed by atoms with Gasteiger partial charge in [-0.3, -0.25) is 9.11 Å². The quantitative estimate of drug-likeness (QED) is 0.210. The second-order valence-electron chi connectivity index (χ2n) is 3.72. The van der Waals surface area contributed by atoms with Gasteiger partial charge in [-0.15, -0.1) is 0 Å². The lowest BCUT2D eigenvalue weighted by Gasteiger charge is -1.96. The molecule has 0 aromatic heterocycles. The number of hydrogen-bond donors (Lipinski definition) is 7. The maximum atomic E-state index is 8.74. The first-order valence-electron chi connectivity index (χ1n) is 5.52. The van der Waals surface area contributed by atoms with Crippen molar-refractivity contribution in [3.8, 4) is 17.2 Å². The van der Waals surface area contributed by atoms with Gasteiger partial charge < -0.3 is 26.8 Å². The molecule has 0 amide bonds. The molecule has 0 aliphatic heterocycles. The van der Waals surface area contributed by atoms with Crippen molar-refractivity contribution in [1.82, 2.24) is 0 Å². The van der Waals surface area contributed by atoms with Gasteiger partial charge in [0.05, 0.1) is 11.4 Å². The molecule has 2 aromatic rings. The second-order valence-corrected chi connectivity index (χ2v) is 4.62. The summed E-state index contributed by atoms with van der Waals surface area (Å²) in [5.74, 6) is -1.09. The highest BCUT2D eigenvalue weighted by Gasteiger charge is 2.00. The minimum absolute atomic E-state index is 0.310. The van der Waals surface area contributed by atoms with E-state index in [1.807, 2.05) is 12.1 Å². The Morgan fingerprint density at radius 2 is 1.05 bits per heavy atom. The average molecular weight is 332 g/mol. The molecule has 9 nitrogen and oxygen atoms in total. The third kappa shape index (κ3) is 9.25. The van der Waals surface area contributed by atoms with Gasteiger partial charge in [-0.1, -0.05) is 18.2 Å². The van der Waals surface area contributed by atoms with Gasteiger partial charge in [0.2, 0.25) is 0 Å². The zero-order valence-corrected chi connectivity index (χ0v) is 12.0. The molecule has 0 fully saturated rings. The first-order chi connectivity index (χ1) is 10.0. The van der Waals surface area contributed by atoms with Crippen molar-refractivity contribution in [2.45, 2.75) is 0 Å². The van der Waals surface area contributed by atoms with Crippen LogP contribution in [0.1, 0.15) is 0 Å². The van der Waals surface area contributed by atoms with Gasteiger partial charge in [0, 0.05) is 0 Å². The second kappa shape index (κ2) is 8.56. The van der Waals surface area contributed by atoms with Crippen molar-refractivity contribution < 1.29 is 32.8 Å². The molecule has 10 heteroatoms. The van der Waals surface area contributed by atoms with Crippen molar-refractivity contribution >= 4 is 21.8 Å². The van der Waals surface area contributed by atoms with Gasteiger partial charge in [-0.25, -0.2) is 0 Å². The summed E-state index contributed by atoms with van der Waals surface area (Å²) in [6.07, 6.45) is 0. The maximum Gasteiger partial charge on any atom is 0.394 e. The number of hydrogen-bond acceptors (Lipinski definition) is 7. The van der Waals surface area contributed by atoms with E-state index in [1.165, 1.54) is 18.2 Å². The summed E-state index contributed by atoms with van der Waals surface area (Å²) in [7, 11) is -4.67. The summed E-state index contributed by atoms with van der Waals surface area (Å²) in [5.41, 5.74) is 12.1. The molecule has 0 heterocycles. The Morgan fingerprint density at radius 3 is 1.27 bits per heavy atom. The fourth-order valence-electron chi connectivity index (χ4n) is 1.03. The molecule has 2 aromatic carbocycles. The fourth-order valence-corrected chi connectivity index (χ4v) is 1.03. The van der Waals surface area contributed by atoms with Gasteiger partial charge in [0.25, 0.3) is 0 Å². The van der Waals surface area contributed by atoms with E-state index in [9.17, 15) is 0 Å². The fraction of sp³-hybridized carbons (Fsp3) is 0. The first kappa shape index (κ1) is 19.3. The van der Waals surface area contributed by atoms with E-state index in [1.54, 1.807) is 12.1 Å². The lowest BCUT2D eigenvalue weighted by atomic mass is 10.3. The number of rotatable bonds is 0. The van der Waals surface area contributed by atoms with Crippen LogP contribution in [0.15, 0.2) is 42.5 Å². The summed E-state index contributed by atoms with van der Waals surface area (Å²) >= 11 is 0. The Labute approximate surface area is 126 Å². The molecule has 0 bridgehead atoms. The summed E-state index contributed by atoms with van der Waals surface area (Å²) in [6, 6.07) is 11.3. The molecule has 0 saturated heterocycles. The molecule has 0 unspecified atom stereocenters. The Hall–Kier alpha value is -2.69. The van der Waals surface area contributed by atoms with E-state index in [-0.39, 0.29) is 11.5 Å². The normalized spacial score (nSPS) is 9.73. The predicted octanol–water partition coefficient (Wildman–Crippen LogP) is 1.00. The van der Waals surface area contributed by atoms with Gasteiger partial charge in [-0.2, -0.15) is 8.42 Å². The number of nitrogens with two attached hydrogens (primary N) is 2. The molecule has 122 valence electrons. The molecular formula is C12H16N2O7S. The summed E-state index contributed by atoms with van der Waals surface area (Å²) in [5, 5.41) is 26.1. The topological polar surface area (TPSA) is 187 Å². The first-order valence-corrected chi connectivity index (χ1v) is 6.91. The van der Waals surface area contributed by atoms with Crippen LogP contribution in [-0.4, -0.2) is 32.8 Å². The maximum absolute atomic E-state index is 8.74. The zero-order chi connectivity index (χ0) is 17.3. The van der Waals surface area contributed by atoms with Crippen LogP contribution >= 0.6 is 0 Å². The SMILES string of the molecule is Nc1ccccc1N.O=S(=O)(O)O.Oc1cccc(O)c1O. The Bertz CT molecular complexity index is 655. The molecule has 0 spiro atoms. The van der Waals surface area contributed by atoms with Crippen LogP contribution in [0.2, 0.25) is 0 Å². The lowest BCUT2D eigenvalue weighted by molar-refractivity contribution is 0.368. The highest BCUT2D eigenvalue weighted by atomic mass is 32.3. The third-order valence-corrected chi connectivity index (χ3v) is 1.99. The van der Waals surface area contributed by atoms with E-state index in [4.69, 9.17) is 44.3 Å². The van der Waals surface area contributed by atoms with Crippen LogP contribution in [0.25, 0.3) is 0 Å². The van der Waals surface area contributed by atoms with Gasteiger partial charge in [-0.05, 0) is 24.3 Å². The van der Waals surface area contributed by atoms with Gasteiger partial charge >= 0.3 is 10.4 Å². The Kier molecular flexibility index (Phi) is 7.52. The molecule has 0 atom stereocenters. The van der Waals surface area contributed by atoms with Crippen LogP contribution < -0.4 is 11.5 Å². The monoisotopic (exact) mass is 332 g/mol. The molecular weight excluding hydrogens is 316 g/mol. The smallest absolute Gasteiger partial charge is 0.394 e. The number of phenolic OH excluding ortho intramolecular Hbond substituents is 3. The van der Waals surface area contributed by atoms with Crippen molar-refractivity contribution in [2.24, 2.45) is 0 Å². The Balaban J connectivity index is 0.000000315. The molecule has 0 saturated carbocycles. The van der Waals surface area contributed by atoms with Crippen LogP contribution in [0.3, 0.4) is 0 Å². The number of anilines is 2. The molecule has 9 N–H and O–H groups in total. The molecule has 2 rings (SSSR count). The standard InChI is InChI=1S/C6H8N2.C6H6O3.H2O4S/c7-5-3-1-2-4-6(5)8;7-4-2-1-3-5(8)6(4)9;1-5(2,3)4/h1-4H,7-8H2;1-3,7-9H;(H2,1,2,3,4). The van der Waals surface area contributed by atoms with E-state index >= 15 is 0 Å².